The summed E-state index contributed by atoms with van der Waals surface area (Å²) in [7, 11) is 0. The van der Waals surface area contributed by atoms with Crippen molar-refractivity contribution in [2.45, 2.75) is 51.0 Å². The highest BCUT2D eigenvalue weighted by molar-refractivity contribution is 5.87. The second-order valence-corrected chi connectivity index (χ2v) is 4.69. The first-order valence-corrected chi connectivity index (χ1v) is 6.25. The number of carbonyl (C=O) groups excluding carboxylic acids is 1. The van der Waals surface area contributed by atoms with Crippen LogP contribution in [0.15, 0.2) is 0 Å². The normalized spacial score (nSPS) is 18.7. The van der Waals surface area contributed by atoms with Crippen LogP contribution in [-0.2, 0) is 14.4 Å². The number of carbonyl (C=O) groups is 3. The molecule has 0 aromatic rings. The number of hydrogen-bond acceptors (Lipinski definition) is 3. The van der Waals surface area contributed by atoms with E-state index in [1.165, 1.54) is 0 Å². The maximum Gasteiger partial charge on any atom is 0.326 e. The molecule has 0 radical (unpaired) electrons. The molecule has 1 fully saturated rings. The first kappa shape index (κ1) is 14.5. The maximum atomic E-state index is 11.9. The van der Waals surface area contributed by atoms with Gasteiger partial charge in [0, 0.05) is 5.92 Å². The number of amides is 1. The van der Waals surface area contributed by atoms with Crippen LogP contribution in [0.3, 0.4) is 0 Å². The summed E-state index contributed by atoms with van der Waals surface area (Å²) in [5.41, 5.74) is 0. The van der Waals surface area contributed by atoms with Crippen molar-refractivity contribution in [2.75, 3.05) is 0 Å². The molecule has 0 heterocycles. The highest BCUT2D eigenvalue weighted by Crippen LogP contribution is 2.23. The van der Waals surface area contributed by atoms with Gasteiger partial charge < -0.3 is 15.5 Å². The Morgan fingerprint density at radius 1 is 1.06 bits per heavy atom. The first-order valence-electron chi connectivity index (χ1n) is 6.25. The number of hydrogen-bond donors (Lipinski definition) is 3. The van der Waals surface area contributed by atoms with Crippen molar-refractivity contribution in [1.29, 1.82) is 0 Å². The smallest absolute Gasteiger partial charge is 0.326 e. The molecule has 1 aliphatic rings. The van der Waals surface area contributed by atoms with E-state index in [1.54, 1.807) is 0 Å². The van der Waals surface area contributed by atoms with Gasteiger partial charge in [0.05, 0.1) is 6.42 Å². The molecule has 0 saturated heterocycles. The minimum Gasteiger partial charge on any atom is -0.481 e. The number of carboxylic acid groups (broad SMARTS) is 2. The number of aliphatic carboxylic acids is 2. The van der Waals surface area contributed by atoms with E-state index in [0.29, 0.717) is 0 Å². The Hall–Kier alpha value is -1.59. The predicted octanol–water partition coefficient (Wildman–Crippen LogP) is 1.00. The van der Waals surface area contributed by atoms with E-state index in [9.17, 15) is 14.4 Å². The Morgan fingerprint density at radius 2 is 1.61 bits per heavy atom. The van der Waals surface area contributed by atoms with Crippen LogP contribution < -0.4 is 5.32 Å². The lowest BCUT2D eigenvalue weighted by molar-refractivity contribution is -0.147. The summed E-state index contributed by atoms with van der Waals surface area (Å²) in [4.78, 5) is 33.2. The summed E-state index contributed by atoms with van der Waals surface area (Å²) >= 11 is 0. The van der Waals surface area contributed by atoms with E-state index in [2.05, 4.69) is 5.32 Å². The minimum atomic E-state index is -1.33. The molecule has 1 amide bonds. The van der Waals surface area contributed by atoms with Crippen molar-refractivity contribution in [3.63, 3.8) is 0 Å². The Morgan fingerprint density at radius 3 is 2.06 bits per heavy atom. The molecule has 102 valence electrons. The summed E-state index contributed by atoms with van der Waals surface area (Å²) in [5, 5.41) is 19.8. The van der Waals surface area contributed by atoms with Gasteiger partial charge in [0.25, 0.3) is 0 Å². The lowest BCUT2D eigenvalue weighted by atomic mass is 9.99. The molecule has 1 atom stereocenters. The molecule has 0 bridgehead atoms. The van der Waals surface area contributed by atoms with Gasteiger partial charge in [0.2, 0.25) is 5.91 Å². The van der Waals surface area contributed by atoms with Crippen LogP contribution in [0.1, 0.15) is 44.9 Å². The van der Waals surface area contributed by atoms with E-state index in [-0.39, 0.29) is 11.8 Å². The Balaban J connectivity index is 2.53. The summed E-state index contributed by atoms with van der Waals surface area (Å²) in [6.07, 6.45) is 5.05. The van der Waals surface area contributed by atoms with Gasteiger partial charge in [-0.2, -0.15) is 0 Å². The number of rotatable bonds is 5. The van der Waals surface area contributed by atoms with Gasteiger partial charge in [-0.3, -0.25) is 9.59 Å². The van der Waals surface area contributed by atoms with Crippen molar-refractivity contribution in [3.05, 3.63) is 0 Å². The zero-order valence-corrected chi connectivity index (χ0v) is 10.2. The van der Waals surface area contributed by atoms with Crippen molar-refractivity contribution in [1.82, 2.24) is 5.32 Å². The second kappa shape index (κ2) is 6.98. The SMILES string of the molecule is O=C(O)C[C@@H](NC(=O)C1CCCCCC1)C(=O)O. The highest BCUT2D eigenvalue weighted by Gasteiger charge is 2.27. The average Bonchev–Trinajstić information content (AvgIpc) is 2.55. The minimum absolute atomic E-state index is 0.178. The number of carboxylic acids is 2. The molecule has 0 spiro atoms. The molecule has 1 rings (SSSR count). The first-order chi connectivity index (χ1) is 8.50. The molecule has 0 aliphatic heterocycles. The molecule has 1 aliphatic carbocycles. The van der Waals surface area contributed by atoms with Crippen LogP contribution in [0.4, 0.5) is 0 Å². The highest BCUT2D eigenvalue weighted by atomic mass is 16.4. The molecule has 6 nitrogen and oxygen atoms in total. The van der Waals surface area contributed by atoms with Crippen LogP contribution in [-0.4, -0.2) is 34.1 Å². The van der Waals surface area contributed by atoms with Crippen LogP contribution >= 0.6 is 0 Å². The Kier molecular flexibility index (Phi) is 5.61. The monoisotopic (exact) mass is 257 g/mol. The van der Waals surface area contributed by atoms with E-state index in [1.807, 2.05) is 0 Å². The molecule has 6 heteroatoms. The van der Waals surface area contributed by atoms with Crippen LogP contribution in [0.5, 0.6) is 0 Å². The molecule has 18 heavy (non-hydrogen) atoms. The standard InChI is InChI=1S/C12H19NO5/c14-10(15)7-9(12(17)18)13-11(16)8-5-3-1-2-4-6-8/h8-9H,1-7H2,(H,13,16)(H,14,15)(H,17,18)/t9-/m1/s1. The largest absolute Gasteiger partial charge is 0.481 e. The molecular formula is C12H19NO5. The third kappa shape index (κ3) is 4.73. The fourth-order valence-electron chi connectivity index (χ4n) is 2.21. The molecule has 0 unspecified atom stereocenters. The van der Waals surface area contributed by atoms with Gasteiger partial charge >= 0.3 is 11.9 Å². The second-order valence-electron chi connectivity index (χ2n) is 4.69. The van der Waals surface area contributed by atoms with Crippen molar-refractivity contribution in [2.24, 2.45) is 5.92 Å². The fraction of sp³-hybridized carbons (Fsp3) is 0.750. The predicted molar refractivity (Wildman–Crippen MR) is 63.0 cm³/mol. The van der Waals surface area contributed by atoms with Crippen molar-refractivity contribution < 1.29 is 24.6 Å². The van der Waals surface area contributed by atoms with Crippen LogP contribution in [0.25, 0.3) is 0 Å². The average molecular weight is 257 g/mol. The van der Waals surface area contributed by atoms with Gasteiger partial charge in [0.15, 0.2) is 0 Å². The lowest BCUT2D eigenvalue weighted by Gasteiger charge is -2.17. The van der Waals surface area contributed by atoms with Crippen LogP contribution in [0, 0.1) is 5.92 Å². The quantitative estimate of drug-likeness (QED) is 0.637. The third-order valence-corrected chi connectivity index (χ3v) is 3.22. The van der Waals surface area contributed by atoms with E-state index in [4.69, 9.17) is 10.2 Å². The lowest BCUT2D eigenvalue weighted by Crippen LogP contribution is -2.44. The summed E-state index contributed by atoms with van der Waals surface area (Å²) < 4.78 is 0. The molecule has 1 saturated carbocycles. The van der Waals surface area contributed by atoms with Gasteiger partial charge in [-0.15, -0.1) is 0 Å². The summed E-state index contributed by atoms with van der Waals surface area (Å²) in [5.74, 6) is -3.04. The van der Waals surface area contributed by atoms with E-state index < -0.39 is 24.4 Å². The summed E-state index contributed by atoms with van der Waals surface area (Å²) in [6, 6.07) is -1.33. The number of nitrogens with one attached hydrogen (secondary N) is 1. The zero-order chi connectivity index (χ0) is 13.5. The van der Waals surface area contributed by atoms with E-state index >= 15 is 0 Å². The van der Waals surface area contributed by atoms with Gasteiger partial charge in [-0.25, -0.2) is 4.79 Å². The van der Waals surface area contributed by atoms with Crippen molar-refractivity contribution >= 4 is 17.8 Å². The van der Waals surface area contributed by atoms with E-state index in [0.717, 1.165) is 38.5 Å². The van der Waals surface area contributed by atoms with Crippen LogP contribution in [0.2, 0.25) is 0 Å². The molecular weight excluding hydrogens is 238 g/mol. The summed E-state index contributed by atoms with van der Waals surface area (Å²) in [6.45, 7) is 0. The molecule has 3 N–H and O–H groups in total. The zero-order valence-electron chi connectivity index (χ0n) is 10.2. The molecule has 0 aromatic heterocycles. The maximum absolute atomic E-state index is 11.9. The Labute approximate surface area is 105 Å². The molecule has 0 aromatic carbocycles. The topological polar surface area (TPSA) is 104 Å². The third-order valence-electron chi connectivity index (χ3n) is 3.22. The fourth-order valence-corrected chi connectivity index (χ4v) is 2.21. The van der Waals surface area contributed by atoms with Gasteiger partial charge in [0.1, 0.15) is 6.04 Å². The van der Waals surface area contributed by atoms with Gasteiger partial charge in [-0.1, -0.05) is 25.7 Å². The van der Waals surface area contributed by atoms with Crippen molar-refractivity contribution in [3.8, 4) is 0 Å². The van der Waals surface area contributed by atoms with Gasteiger partial charge in [-0.05, 0) is 12.8 Å². The Bertz CT molecular complexity index is 320.